The molecule has 0 saturated carbocycles. The summed E-state index contributed by atoms with van der Waals surface area (Å²) < 4.78 is 10.2. The monoisotopic (exact) mass is 362 g/mol. The smallest absolute Gasteiger partial charge is 0.337 e. The third-order valence-corrected chi connectivity index (χ3v) is 3.70. The van der Waals surface area contributed by atoms with Crippen LogP contribution in [0, 0.1) is 6.92 Å². The number of para-hydroxylation sites is 1. The molecule has 0 aliphatic rings. The lowest BCUT2D eigenvalue weighted by molar-refractivity contribution is 0.0600. The lowest BCUT2D eigenvalue weighted by Gasteiger charge is -2.11. The molecule has 132 valence electrons. The molecule has 2 aromatic carbocycles. The molecule has 0 unspecified atom stereocenters. The Morgan fingerprint density at radius 2 is 1.92 bits per heavy atom. The van der Waals surface area contributed by atoms with Crippen LogP contribution in [-0.4, -0.2) is 32.3 Å². The summed E-state index contributed by atoms with van der Waals surface area (Å²) in [7, 11) is 1.28. The molecule has 25 heavy (non-hydrogen) atoms. The molecule has 2 aromatic rings. The molecule has 0 aliphatic heterocycles. The number of nitrogens with one attached hydrogen (secondary N) is 2. The minimum atomic E-state index is -0.508. The fourth-order valence-electron chi connectivity index (χ4n) is 2.08. The third kappa shape index (κ3) is 5.39. The number of urea groups is 1. The van der Waals surface area contributed by atoms with E-state index < -0.39 is 12.0 Å². The van der Waals surface area contributed by atoms with Crippen molar-refractivity contribution in [3.8, 4) is 5.75 Å². The van der Waals surface area contributed by atoms with Gasteiger partial charge in [0.25, 0.3) is 0 Å². The number of ether oxygens (including phenoxy) is 2. The number of amides is 2. The van der Waals surface area contributed by atoms with Crippen molar-refractivity contribution in [3.05, 3.63) is 58.6 Å². The Morgan fingerprint density at radius 1 is 1.16 bits per heavy atom. The van der Waals surface area contributed by atoms with Gasteiger partial charge in [-0.3, -0.25) is 0 Å². The van der Waals surface area contributed by atoms with Crippen LogP contribution in [0.4, 0.5) is 10.5 Å². The molecule has 0 bridgehead atoms. The van der Waals surface area contributed by atoms with Crippen LogP contribution in [0.15, 0.2) is 42.5 Å². The average Bonchev–Trinajstić information content (AvgIpc) is 2.61. The number of carbonyl (C=O) groups excluding carboxylic acids is 2. The second-order valence-electron chi connectivity index (χ2n) is 5.18. The third-order valence-electron chi connectivity index (χ3n) is 3.37. The average molecular weight is 363 g/mol. The predicted molar refractivity (Wildman–Crippen MR) is 96.5 cm³/mol. The molecule has 0 radical (unpaired) electrons. The lowest BCUT2D eigenvalue weighted by atomic mass is 10.2. The number of hydrogen-bond acceptors (Lipinski definition) is 4. The fraction of sp³-hybridized carbons (Fsp3) is 0.222. The van der Waals surface area contributed by atoms with Gasteiger partial charge in [-0.25, -0.2) is 9.59 Å². The quantitative estimate of drug-likeness (QED) is 0.607. The summed E-state index contributed by atoms with van der Waals surface area (Å²) in [6, 6.07) is 11.7. The first-order valence-electron chi connectivity index (χ1n) is 7.62. The van der Waals surface area contributed by atoms with Gasteiger partial charge in [0, 0.05) is 0 Å². The van der Waals surface area contributed by atoms with Crippen LogP contribution in [0.3, 0.4) is 0 Å². The molecule has 0 aromatic heterocycles. The molecule has 2 N–H and O–H groups in total. The van der Waals surface area contributed by atoms with Crippen molar-refractivity contribution in [1.82, 2.24) is 5.32 Å². The molecular formula is C18H19ClN2O4. The van der Waals surface area contributed by atoms with Gasteiger partial charge in [-0.05, 0) is 36.8 Å². The Balaban J connectivity index is 1.84. The van der Waals surface area contributed by atoms with Crippen LogP contribution in [-0.2, 0) is 4.74 Å². The van der Waals surface area contributed by atoms with Gasteiger partial charge in [-0.15, -0.1) is 0 Å². The highest BCUT2D eigenvalue weighted by molar-refractivity contribution is 6.33. The van der Waals surface area contributed by atoms with E-state index in [-0.39, 0.29) is 0 Å². The van der Waals surface area contributed by atoms with Crippen molar-refractivity contribution in [2.24, 2.45) is 0 Å². The van der Waals surface area contributed by atoms with Crippen molar-refractivity contribution in [2.75, 3.05) is 25.6 Å². The Morgan fingerprint density at radius 3 is 2.64 bits per heavy atom. The highest BCUT2D eigenvalue weighted by atomic mass is 35.5. The minimum absolute atomic E-state index is 0.296. The van der Waals surface area contributed by atoms with E-state index in [4.69, 9.17) is 16.3 Å². The number of esters is 1. The van der Waals surface area contributed by atoms with Crippen molar-refractivity contribution < 1.29 is 19.1 Å². The largest absolute Gasteiger partial charge is 0.491 e. The summed E-state index contributed by atoms with van der Waals surface area (Å²) in [5.41, 5.74) is 1.64. The van der Waals surface area contributed by atoms with Crippen molar-refractivity contribution in [3.63, 3.8) is 0 Å². The van der Waals surface area contributed by atoms with E-state index in [1.54, 1.807) is 0 Å². The van der Waals surface area contributed by atoms with Gasteiger partial charge in [-0.2, -0.15) is 0 Å². The van der Waals surface area contributed by atoms with Gasteiger partial charge in [0.2, 0.25) is 0 Å². The summed E-state index contributed by atoms with van der Waals surface area (Å²) in [5, 5.41) is 5.57. The second-order valence-corrected chi connectivity index (χ2v) is 5.59. The molecule has 6 nitrogen and oxygen atoms in total. The van der Waals surface area contributed by atoms with E-state index in [9.17, 15) is 9.59 Å². The lowest BCUT2D eigenvalue weighted by Crippen LogP contribution is -2.32. The normalized spacial score (nSPS) is 10.0. The van der Waals surface area contributed by atoms with Crippen LogP contribution in [0.5, 0.6) is 5.75 Å². The maximum Gasteiger partial charge on any atom is 0.337 e. The summed E-state index contributed by atoms with van der Waals surface area (Å²) in [6.45, 7) is 2.59. The number of hydrogen-bond donors (Lipinski definition) is 2. The first kappa shape index (κ1) is 18.6. The number of benzene rings is 2. The van der Waals surface area contributed by atoms with Gasteiger partial charge < -0.3 is 20.1 Å². The van der Waals surface area contributed by atoms with Crippen LogP contribution >= 0.6 is 11.6 Å². The summed E-state index contributed by atoms with van der Waals surface area (Å²) >= 11 is 6.03. The van der Waals surface area contributed by atoms with Crippen LogP contribution in [0.25, 0.3) is 0 Å². The van der Waals surface area contributed by atoms with E-state index >= 15 is 0 Å². The fourth-order valence-corrected chi connectivity index (χ4v) is 2.24. The molecule has 0 saturated heterocycles. The van der Waals surface area contributed by atoms with Gasteiger partial charge in [0.05, 0.1) is 29.9 Å². The molecule has 7 heteroatoms. The van der Waals surface area contributed by atoms with Gasteiger partial charge in [0.1, 0.15) is 12.4 Å². The Kier molecular flexibility index (Phi) is 6.65. The summed E-state index contributed by atoms with van der Waals surface area (Å²) in [5.74, 6) is 0.269. The van der Waals surface area contributed by atoms with E-state index in [1.165, 1.54) is 25.3 Å². The van der Waals surface area contributed by atoms with Crippen molar-refractivity contribution in [1.29, 1.82) is 0 Å². The highest BCUT2D eigenvalue weighted by Gasteiger charge is 2.11. The maximum absolute atomic E-state index is 11.9. The Bertz CT molecular complexity index is 764. The Labute approximate surface area is 151 Å². The number of methoxy groups -OCH3 is 1. The molecule has 0 atom stereocenters. The molecule has 2 amide bonds. The minimum Gasteiger partial charge on any atom is -0.491 e. The molecule has 0 heterocycles. The number of halogens is 1. The number of rotatable bonds is 6. The number of carbonyl (C=O) groups is 2. The van der Waals surface area contributed by atoms with Gasteiger partial charge >= 0.3 is 12.0 Å². The van der Waals surface area contributed by atoms with Crippen molar-refractivity contribution in [2.45, 2.75) is 6.92 Å². The number of aryl methyl sites for hydroxylation is 1. The molecular weight excluding hydrogens is 344 g/mol. The number of anilines is 1. The van der Waals surface area contributed by atoms with Crippen LogP contribution < -0.4 is 15.4 Å². The molecule has 2 rings (SSSR count). The first-order chi connectivity index (χ1) is 12.0. The SMILES string of the molecule is COC(=O)c1ccc(Cl)c(NC(=O)NCCOc2ccccc2C)c1. The van der Waals surface area contributed by atoms with E-state index in [2.05, 4.69) is 15.4 Å². The van der Waals surface area contributed by atoms with E-state index in [0.29, 0.717) is 29.4 Å². The summed E-state index contributed by atoms with van der Waals surface area (Å²) in [4.78, 5) is 23.5. The zero-order valence-corrected chi connectivity index (χ0v) is 14.7. The standard InChI is InChI=1S/C18H19ClN2O4/c1-12-5-3-4-6-16(12)25-10-9-20-18(23)21-15-11-13(17(22)24-2)7-8-14(15)19/h3-8,11H,9-10H2,1-2H3,(H2,20,21,23). The van der Waals surface area contributed by atoms with Crippen LogP contribution in [0.2, 0.25) is 5.02 Å². The highest BCUT2D eigenvalue weighted by Crippen LogP contribution is 2.23. The molecule has 0 fully saturated rings. The maximum atomic E-state index is 11.9. The topological polar surface area (TPSA) is 76.7 Å². The Hall–Kier alpha value is -2.73. The first-order valence-corrected chi connectivity index (χ1v) is 8.00. The predicted octanol–water partition coefficient (Wildman–Crippen LogP) is 3.64. The molecule has 0 spiro atoms. The van der Waals surface area contributed by atoms with Crippen LogP contribution in [0.1, 0.15) is 15.9 Å². The van der Waals surface area contributed by atoms with E-state index in [1.807, 2.05) is 31.2 Å². The zero-order valence-electron chi connectivity index (χ0n) is 14.0. The second kappa shape index (κ2) is 8.94. The van der Waals surface area contributed by atoms with Gasteiger partial charge in [-0.1, -0.05) is 29.8 Å². The molecule has 0 aliphatic carbocycles. The van der Waals surface area contributed by atoms with E-state index in [0.717, 1.165) is 11.3 Å². The summed E-state index contributed by atoms with van der Waals surface area (Å²) in [6.07, 6.45) is 0. The van der Waals surface area contributed by atoms with Gasteiger partial charge in [0.15, 0.2) is 0 Å². The zero-order chi connectivity index (χ0) is 18.2. The van der Waals surface area contributed by atoms with Crippen molar-refractivity contribution >= 4 is 29.3 Å².